The summed E-state index contributed by atoms with van der Waals surface area (Å²) in [7, 11) is 0.873. The van der Waals surface area contributed by atoms with Gasteiger partial charge in [0.1, 0.15) is 6.04 Å². The molecule has 9 heteroatoms. The van der Waals surface area contributed by atoms with Crippen LogP contribution in [0.2, 0.25) is 0 Å². The van der Waals surface area contributed by atoms with Crippen molar-refractivity contribution in [3.05, 3.63) is 84.1 Å². The van der Waals surface area contributed by atoms with Crippen molar-refractivity contribution in [3.8, 4) is 0 Å². The molecule has 0 bridgehead atoms. The minimum atomic E-state index is -0.863. The number of carbonyl (C=O) groups excluding carboxylic acids is 2. The molecule has 3 heterocycles. The summed E-state index contributed by atoms with van der Waals surface area (Å²) in [5.74, 6) is -0.218. The average Bonchev–Trinajstić information content (AvgIpc) is 3.65. The van der Waals surface area contributed by atoms with E-state index in [2.05, 4.69) is 17.4 Å². The monoisotopic (exact) mass is 527 g/mol. The average molecular weight is 527 g/mol. The summed E-state index contributed by atoms with van der Waals surface area (Å²) >= 11 is 0. The Kier molecular flexibility index (Phi) is 7.22. The van der Waals surface area contributed by atoms with E-state index < -0.39 is 30.5 Å². The molecule has 202 valence electrons. The third kappa shape index (κ3) is 5.29. The predicted molar refractivity (Wildman–Crippen MR) is 152 cm³/mol. The maximum absolute atomic E-state index is 13.7. The zero-order chi connectivity index (χ0) is 27.8. The van der Waals surface area contributed by atoms with Crippen LogP contribution in [0, 0.1) is 0 Å². The van der Waals surface area contributed by atoms with Crippen molar-refractivity contribution in [2.24, 2.45) is 4.99 Å². The fourth-order valence-corrected chi connectivity index (χ4v) is 4.95. The first kappa shape index (κ1) is 26.9. The molecule has 2 aromatic rings. The van der Waals surface area contributed by atoms with Crippen LogP contribution in [0.4, 0.5) is 4.79 Å². The van der Waals surface area contributed by atoms with Gasteiger partial charge >= 0.3 is 13.2 Å². The van der Waals surface area contributed by atoms with Gasteiger partial charge in [-0.25, -0.2) is 4.79 Å². The van der Waals surface area contributed by atoms with Gasteiger partial charge in [-0.3, -0.25) is 9.79 Å². The number of carbonyl (C=O) groups is 2. The van der Waals surface area contributed by atoms with Crippen LogP contribution < -0.4 is 10.8 Å². The summed E-state index contributed by atoms with van der Waals surface area (Å²) in [5, 5.41) is 2.69. The number of hydrogen-bond acceptors (Lipinski definition) is 6. The normalized spacial score (nSPS) is 21.9. The highest BCUT2D eigenvalue weighted by molar-refractivity contribution is 6.62. The Balaban J connectivity index is 1.27. The van der Waals surface area contributed by atoms with Gasteiger partial charge in [-0.15, -0.1) is 0 Å². The molecule has 0 aromatic heterocycles. The molecule has 1 saturated heterocycles. The summed E-state index contributed by atoms with van der Waals surface area (Å²) in [4.78, 5) is 32.2. The van der Waals surface area contributed by atoms with E-state index in [9.17, 15) is 9.59 Å². The van der Waals surface area contributed by atoms with Crippen molar-refractivity contribution < 1.29 is 23.6 Å². The number of allylic oxidation sites excluding steroid dienone is 1. The molecule has 0 saturated carbocycles. The van der Waals surface area contributed by atoms with E-state index in [4.69, 9.17) is 19.0 Å². The van der Waals surface area contributed by atoms with Gasteiger partial charge in [-0.1, -0.05) is 66.7 Å². The highest BCUT2D eigenvalue weighted by Gasteiger charge is 2.51. The zero-order valence-corrected chi connectivity index (χ0v) is 23.0. The summed E-state index contributed by atoms with van der Waals surface area (Å²) in [5.41, 5.74) is 3.89. The molecule has 2 amide bonds. The van der Waals surface area contributed by atoms with Crippen molar-refractivity contribution in [1.82, 2.24) is 10.2 Å². The number of benzene rings is 2. The van der Waals surface area contributed by atoms with E-state index in [0.717, 1.165) is 22.3 Å². The van der Waals surface area contributed by atoms with Crippen LogP contribution in [0.1, 0.15) is 51.3 Å². The molecular formula is C30H34BN3O5. The van der Waals surface area contributed by atoms with Gasteiger partial charge in [0.2, 0.25) is 0 Å². The number of hydrogen-bond donors (Lipinski definition) is 1. The lowest BCUT2D eigenvalue weighted by Gasteiger charge is -2.32. The number of alkyl carbamates (subject to hydrolysis) is 1. The second kappa shape index (κ2) is 10.5. The van der Waals surface area contributed by atoms with Gasteiger partial charge in [0.15, 0.2) is 0 Å². The first-order valence-corrected chi connectivity index (χ1v) is 13.2. The van der Waals surface area contributed by atoms with Gasteiger partial charge in [0.05, 0.1) is 24.4 Å². The second-order valence-corrected chi connectivity index (χ2v) is 11.0. The Morgan fingerprint density at radius 3 is 2.36 bits per heavy atom. The molecule has 0 aliphatic carbocycles. The molecule has 5 rings (SSSR count). The molecule has 0 radical (unpaired) electrons. The van der Waals surface area contributed by atoms with Crippen LogP contribution in [-0.4, -0.2) is 60.6 Å². The number of ether oxygens (including phenoxy) is 1. The minimum Gasteiger partial charge on any atom is -0.453 e. The van der Waals surface area contributed by atoms with E-state index in [1.54, 1.807) is 4.90 Å². The molecular weight excluding hydrogens is 493 g/mol. The van der Waals surface area contributed by atoms with E-state index in [1.165, 1.54) is 7.11 Å². The highest BCUT2D eigenvalue weighted by atomic mass is 16.7. The Bertz CT molecular complexity index is 1320. The number of rotatable bonds is 6. The summed E-state index contributed by atoms with van der Waals surface area (Å²) in [6.07, 6.45) is 5.79. The molecule has 0 unspecified atom stereocenters. The minimum absolute atomic E-state index is 0.218. The van der Waals surface area contributed by atoms with E-state index in [-0.39, 0.29) is 11.9 Å². The second-order valence-electron chi connectivity index (χ2n) is 11.0. The Labute approximate surface area is 229 Å². The largest absolute Gasteiger partial charge is 0.494 e. The number of nitrogens with zero attached hydrogens (tertiary/aromatic N) is 2. The molecule has 8 nitrogen and oxygen atoms in total. The van der Waals surface area contributed by atoms with E-state index in [1.807, 2.05) is 88.5 Å². The lowest BCUT2D eigenvalue weighted by molar-refractivity contribution is -0.133. The topological polar surface area (TPSA) is 89.5 Å². The van der Waals surface area contributed by atoms with Gasteiger partial charge in [-0.2, -0.15) is 0 Å². The van der Waals surface area contributed by atoms with Crippen LogP contribution in [0.3, 0.4) is 0 Å². The van der Waals surface area contributed by atoms with Crippen molar-refractivity contribution >= 4 is 35.9 Å². The number of amides is 2. The maximum Gasteiger partial charge on any atom is 0.494 e. The molecule has 2 aromatic carbocycles. The van der Waals surface area contributed by atoms with Crippen molar-refractivity contribution in [2.45, 2.75) is 57.4 Å². The molecule has 1 N–H and O–H groups in total. The van der Waals surface area contributed by atoms with Gasteiger partial charge < -0.3 is 24.3 Å². The third-order valence-corrected chi connectivity index (χ3v) is 7.97. The molecule has 3 aliphatic rings. The molecule has 3 aliphatic heterocycles. The first-order valence-electron chi connectivity index (χ1n) is 13.2. The van der Waals surface area contributed by atoms with Crippen molar-refractivity contribution in [3.63, 3.8) is 0 Å². The Morgan fingerprint density at radius 2 is 1.72 bits per heavy atom. The third-order valence-electron chi connectivity index (χ3n) is 7.97. The standard InChI is InChI=1S/C30H34BN3O5/c1-29(2)30(3,4)39-31(38-29)23-15-13-20(14-16-23)22-18-24(32-19-22)25-12-9-17-34(25)27(35)26(33-28(36)37-5)21-10-7-6-8-11-21/h6-16,19,25-26H,17-18H2,1-5H3,(H,33,36)/t25-,26+/m0/s1. The number of methoxy groups -OCH3 is 1. The lowest BCUT2D eigenvalue weighted by Crippen LogP contribution is -2.47. The zero-order valence-electron chi connectivity index (χ0n) is 23.0. The fraction of sp³-hybridized carbons (Fsp3) is 0.367. The van der Waals surface area contributed by atoms with Crippen molar-refractivity contribution in [2.75, 3.05) is 13.7 Å². The summed E-state index contributed by atoms with van der Waals surface area (Å²) in [6.45, 7) is 8.61. The quantitative estimate of drug-likeness (QED) is 0.453. The molecule has 1 fully saturated rings. The van der Waals surface area contributed by atoms with Crippen LogP contribution >= 0.6 is 0 Å². The van der Waals surface area contributed by atoms with Crippen LogP contribution in [0.15, 0.2) is 77.9 Å². The summed E-state index contributed by atoms with van der Waals surface area (Å²) in [6, 6.07) is 16.2. The van der Waals surface area contributed by atoms with E-state index >= 15 is 0 Å². The Morgan fingerprint density at radius 1 is 1.05 bits per heavy atom. The Hall–Kier alpha value is -3.69. The number of nitrogens with one attached hydrogen (secondary N) is 1. The van der Waals surface area contributed by atoms with Gasteiger partial charge in [0, 0.05) is 24.9 Å². The van der Waals surface area contributed by atoms with Crippen molar-refractivity contribution in [1.29, 1.82) is 0 Å². The fourth-order valence-electron chi connectivity index (χ4n) is 4.95. The first-order chi connectivity index (χ1) is 18.6. The van der Waals surface area contributed by atoms with Crippen LogP contribution in [-0.2, 0) is 18.8 Å². The van der Waals surface area contributed by atoms with Crippen LogP contribution in [0.5, 0.6) is 0 Å². The molecule has 39 heavy (non-hydrogen) atoms. The summed E-state index contributed by atoms with van der Waals surface area (Å²) < 4.78 is 17.1. The predicted octanol–water partition coefficient (Wildman–Crippen LogP) is 4.04. The van der Waals surface area contributed by atoms with Crippen LogP contribution in [0.25, 0.3) is 5.57 Å². The highest BCUT2D eigenvalue weighted by Crippen LogP contribution is 2.36. The SMILES string of the molecule is COC(=O)N[C@@H](C(=O)N1CC=C[C@H]1C1=NC=C(c2ccc(B3OC(C)(C)C(C)(C)O3)cc2)C1)c1ccccc1. The van der Waals surface area contributed by atoms with E-state index in [0.29, 0.717) is 18.5 Å². The number of aliphatic imine (C=N–C) groups is 1. The molecule has 0 spiro atoms. The molecule has 2 atom stereocenters. The van der Waals surface area contributed by atoms with Gasteiger partial charge in [-0.05, 0) is 49.9 Å². The maximum atomic E-state index is 13.7. The van der Waals surface area contributed by atoms with Gasteiger partial charge in [0.25, 0.3) is 5.91 Å². The smallest absolute Gasteiger partial charge is 0.453 e. The lowest BCUT2D eigenvalue weighted by atomic mass is 9.78.